The molecule has 2 fully saturated rings. The van der Waals surface area contributed by atoms with E-state index in [9.17, 15) is 0 Å². The van der Waals surface area contributed by atoms with Crippen molar-refractivity contribution in [1.82, 2.24) is 0 Å². The van der Waals surface area contributed by atoms with Crippen LogP contribution < -0.4 is 0 Å². The van der Waals surface area contributed by atoms with Crippen molar-refractivity contribution in [2.24, 2.45) is 17.8 Å². The number of hydrogen-bond donors (Lipinski definition) is 0. The van der Waals surface area contributed by atoms with Crippen molar-refractivity contribution >= 4 is 0 Å². The lowest BCUT2D eigenvalue weighted by Gasteiger charge is -2.29. The molecule has 0 amide bonds. The molecule has 27 heavy (non-hydrogen) atoms. The van der Waals surface area contributed by atoms with E-state index >= 15 is 0 Å². The maximum Gasteiger partial charge on any atom is 0.0991 e. The normalized spacial score (nSPS) is 28.9. The third-order valence-electron chi connectivity index (χ3n) is 7.05. The van der Waals surface area contributed by atoms with Crippen LogP contribution in [0.15, 0.2) is 36.4 Å². The average molecular weight is 364 g/mol. The van der Waals surface area contributed by atoms with Gasteiger partial charge in [-0.15, -0.1) is 0 Å². The molecule has 1 aromatic rings. The number of nitriles is 1. The summed E-state index contributed by atoms with van der Waals surface area (Å²) in [6.07, 6.45) is 21.9. The van der Waals surface area contributed by atoms with Crippen molar-refractivity contribution in [3.05, 3.63) is 47.5 Å². The number of nitrogens with zero attached hydrogens (tertiary/aromatic N) is 1. The number of rotatable bonds is 7. The Morgan fingerprint density at radius 1 is 0.852 bits per heavy atom. The van der Waals surface area contributed by atoms with Gasteiger partial charge in [0.15, 0.2) is 0 Å². The molecule has 0 N–H and O–H groups in total. The first-order valence-corrected chi connectivity index (χ1v) is 11.5. The molecular formula is C26H37N. The number of unbranched alkanes of at least 4 members (excludes halogenated alkanes) is 2. The molecule has 1 nitrogen and oxygen atoms in total. The van der Waals surface area contributed by atoms with E-state index in [2.05, 4.69) is 37.3 Å². The van der Waals surface area contributed by atoms with Gasteiger partial charge >= 0.3 is 0 Å². The van der Waals surface area contributed by atoms with Crippen LogP contribution in [-0.2, 0) is 0 Å². The fraction of sp³-hybridized carbons (Fsp3) is 0.654. The highest BCUT2D eigenvalue weighted by Gasteiger charge is 2.22. The maximum absolute atomic E-state index is 8.95. The lowest BCUT2D eigenvalue weighted by atomic mass is 9.76. The van der Waals surface area contributed by atoms with Crippen molar-refractivity contribution in [3.8, 4) is 6.07 Å². The van der Waals surface area contributed by atoms with Crippen LogP contribution >= 0.6 is 0 Å². The predicted octanol–water partition coefficient (Wildman–Crippen LogP) is 7.77. The van der Waals surface area contributed by atoms with Crippen molar-refractivity contribution in [3.63, 3.8) is 0 Å². The minimum Gasteiger partial charge on any atom is -0.192 e. The molecule has 0 saturated heterocycles. The Hall–Kier alpha value is -1.55. The zero-order chi connectivity index (χ0) is 18.9. The van der Waals surface area contributed by atoms with Gasteiger partial charge in [-0.1, -0.05) is 56.9 Å². The summed E-state index contributed by atoms with van der Waals surface area (Å²) in [4.78, 5) is 0. The average Bonchev–Trinajstić information content (AvgIpc) is 2.74. The van der Waals surface area contributed by atoms with Crippen LogP contribution in [0.1, 0.15) is 101 Å². The highest BCUT2D eigenvalue weighted by atomic mass is 14.3. The van der Waals surface area contributed by atoms with Crippen LogP contribution in [0.4, 0.5) is 0 Å². The van der Waals surface area contributed by atoms with Crippen LogP contribution in [0.5, 0.6) is 0 Å². The minimum absolute atomic E-state index is 0.695. The summed E-state index contributed by atoms with van der Waals surface area (Å²) in [5.41, 5.74) is 2.20. The molecule has 0 aromatic heterocycles. The monoisotopic (exact) mass is 363 g/mol. The van der Waals surface area contributed by atoms with Gasteiger partial charge in [-0.25, -0.2) is 0 Å². The fourth-order valence-corrected chi connectivity index (χ4v) is 5.14. The Balaban J connectivity index is 1.37. The predicted molar refractivity (Wildman–Crippen MR) is 115 cm³/mol. The minimum atomic E-state index is 0.695. The van der Waals surface area contributed by atoms with Crippen LogP contribution in [0.25, 0.3) is 0 Å². The summed E-state index contributed by atoms with van der Waals surface area (Å²) in [7, 11) is 0. The second-order valence-electron chi connectivity index (χ2n) is 9.01. The Labute approximate surface area is 166 Å². The SMILES string of the molecule is CCCCC[C@H]1CC[C@H](C=C[C@H]2CC[C@H](c3ccc(C#N)cc3)CC2)CC1. The molecule has 1 aromatic carbocycles. The number of benzene rings is 1. The van der Waals surface area contributed by atoms with Crippen molar-refractivity contribution in [2.75, 3.05) is 0 Å². The summed E-state index contributed by atoms with van der Waals surface area (Å²) in [6, 6.07) is 10.5. The third kappa shape index (κ3) is 6.24. The quantitative estimate of drug-likeness (QED) is 0.358. The molecule has 0 bridgehead atoms. The van der Waals surface area contributed by atoms with Gasteiger partial charge in [0.1, 0.15) is 0 Å². The van der Waals surface area contributed by atoms with E-state index in [1.165, 1.54) is 82.6 Å². The van der Waals surface area contributed by atoms with Crippen molar-refractivity contribution < 1.29 is 0 Å². The van der Waals surface area contributed by atoms with Gasteiger partial charge in [-0.2, -0.15) is 5.26 Å². The van der Waals surface area contributed by atoms with Crippen LogP contribution in [0.3, 0.4) is 0 Å². The Morgan fingerprint density at radius 2 is 1.44 bits per heavy atom. The largest absolute Gasteiger partial charge is 0.192 e. The molecule has 146 valence electrons. The Kier molecular flexibility index (Phi) is 8.00. The molecule has 0 heterocycles. The molecule has 0 atom stereocenters. The summed E-state index contributed by atoms with van der Waals surface area (Å²) in [5.74, 6) is 3.36. The Bertz CT molecular complexity index is 605. The van der Waals surface area contributed by atoms with E-state index < -0.39 is 0 Å². The first-order valence-electron chi connectivity index (χ1n) is 11.5. The molecule has 2 aliphatic carbocycles. The molecule has 3 rings (SSSR count). The smallest absolute Gasteiger partial charge is 0.0991 e. The van der Waals surface area contributed by atoms with E-state index in [0.717, 1.165) is 23.3 Å². The van der Waals surface area contributed by atoms with E-state index in [4.69, 9.17) is 5.26 Å². The topological polar surface area (TPSA) is 23.8 Å². The van der Waals surface area contributed by atoms with Gasteiger partial charge in [0.2, 0.25) is 0 Å². The Morgan fingerprint density at radius 3 is 2.00 bits per heavy atom. The summed E-state index contributed by atoms with van der Waals surface area (Å²) < 4.78 is 0. The molecule has 0 spiro atoms. The van der Waals surface area contributed by atoms with Crippen LogP contribution in [0.2, 0.25) is 0 Å². The van der Waals surface area contributed by atoms with E-state index in [-0.39, 0.29) is 0 Å². The summed E-state index contributed by atoms with van der Waals surface area (Å²) >= 11 is 0. The molecular weight excluding hydrogens is 326 g/mol. The second-order valence-corrected chi connectivity index (χ2v) is 9.01. The van der Waals surface area contributed by atoms with Gasteiger partial charge in [0.05, 0.1) is 11.6 Å². The molecule has 1 heteroatoms. The molecule has 2 aliphatic rings. The molecule has 0 radical (unpaired) electrons. The standard InChI is InChI=1S/C26H37N/c1-2-3-4-5-21-6-8-22(9-7-21)10-11-23-12-16-25(17-13-23)26-18-14-24(20-27)15-19-26/h10-11,14-15,18-19,21-23,25H,2-9,12-13,16-17H2,1H3/t21-,22-,23-,25-. The first kappa shape index (κ1) is 20.2. The van der Waals surface area contributed by atoms with Gasteiger partial charge in [0.25, 0.3) is 0 Å². The van der Waals surface area contributed by atoms with E-state index in [1.807, 2.05) is 12.1 Å². The second kappa shape index (κ2) is 10.7. The molecule has 2 saturated carbocycles. The number of hydrogen-bond acceptors (Lipinski definition) is 1. The van der Waals surface area contributed by atoms with E-state index in [1.54, 1.807) is 0 Å². The van der Waals surface area contributed by atoms with Gasteiger partial charge in [0, 0.05) is 0 Å². The highest BCUT2D eigenvalue weighted by Crippen LogP contribution is 2.37. The van der Waals surface area contributed by atoms with Crippen LogP contribution in [-0.4, -0.2) is 0 Å². The van der Waals surface area contributed by atoms with Gasteiger partial charge < -0.3 is 0 Å². The number of allylic oxidation sites excluding steroid dienone is 2. The zero-order valence-electron chi connectivity index (χ0n) is 17.2. The summed E-state index contributed by atoms with van der Waals surface area (Å²) in [6.45, 7) is 2.31. The molecule has 0 aliphatic heterocycles. The molecule has 0 unspecified atom stereocenters. The van der Waals surface area contributed by atoms with Crippen molar-refractivity contribution in [2.45, 2.75) is 89.9 Å². The highest BCUT2D eigenvalue weighted by molar-refractivity contribution is 5.33. The van der Waals surface area contributed by atoms with Gasteiger partial charge in [-0.05, 0) is 92.7 Å². The first-order chi connectivity index (χ1) is 13.3. The summed E-state index contributed by atoms with van der Waals surface area (Å²) in [5, 5.41) is 8.95. The van der Waals surface area contributed by atoms with Crippen molar-refractivity contribution in [1.29, 1.82) is 5.26 Å². The third-order valence-corrected chi connectivity index (χ3v) is 7.05. The van der Waals surface area contributed by atoms with Crippen LogP contribution in [0, 0.1) is 29.1 Å². The maximum atomic E-state index is 8.95. The van der Waals surface area contributed by atoms with E-state index in [0.29, 0.717) is 5.92 Å². The lowest BCUT2D eigenvalue weighted by Crippen LogP contribution is -2.14. The lowest BCUT2D eigenvalue weighted by molar-refractivity contribution is 0.288. The fourth-order valence-electron chi connectivity index (χ4n) is 5.14. The van der Waals surface area contributed by atoms with Gasteiger partial charge in [-0.3, -0.25) is 0 Å². The zero-order valence-corrected chi connectivity index (χ0v) is 17.2.